The van der Waals surface area contributed by atoms with Gasteiger partial charge in [-0.25, -0.2) is 17.1 Å². The number of guanidine groups is 1. The molecule has 26 heavy (non-hydrogen) atoms. The monoisotopic (exact) mass is 516 g/mol. The van der Waals surface area contributed by atoms with E-state index >= 15 is 0 Å². The van der Waals surface area contributed by atoms with Crippen LogP contribution in [0, 0.1) is 5.82 Å². The maximum atomic E-state index is 12.8. The molecule has 0 bridgehead atoms. The number of benzene rings is 1. The third kappa shape index (κ3) is 7.97. The molecule has 0 amide bonds. The Morgan fingerprint density at radius 3 is 2.58 bits per heavy atom. The van der Waals surface area contributed by atoms with Gasteiger partial charge in [0.25, 0.3) is 0 Å². The van der Waals surface area contributed by atoms with Gasteiger partial charge in [-0.1, -0.05) is 0 Å². The molecule has 1 heterocycles. The summed E-state index contributed by atoms with van der Waals surface area (Å²) in [5, 5.41) is 6.34. The number of thioether (sulfide) groups is 1. The molecule has 0 aromatic heterocycles. The van der Waals surface area contributed by atoms with Gasteiger partial charge in [0.15, 0.2) is 5.96 Å². The average molecular weight is 516 g/mol. The van der Waals surface area contributed by atoms with E-state index in [1.165, 1.54) is 16.4 Å². The topological polar surface area (TPSA) is 73.8 Å². The second-order valence-corrected chi connectivity index (χ2v) is 8.91. The van der Waals surface area contributed by atoms with E-state index in [9.17, 15) is 12.8 Å². The summed E-state index contributed by atoms with van der Waals surface area (Å²) >= 11 is 1.68. The fraction of sp³-hybridized carbons (Fsp3) is 0.562. The van der Waals surface area contributed by atoms with E-state index in [-0.39, 0.29) is 35.5 Å². The summed E-state index contributed by atoms with van der Waals surface area (Å²) < 4.78 is 37.8. The first-order valence-electron chi connectivity index (χ1n) is 8.32. The molecule has 0 spiro atoms. The van der Waals surface area contributed by atoms with Crippen LogP contribution in [0.3, 0.4) is 0 Å². The lowest BCUT2D eigenvalue weighted by Crippen LogP contribution is -2.42. The van der Waals surface area contributed by atoms with Crippen molar-refractivity contribution in [3.8, 4) is 0 Å². The molecule has 6 nitrogen and oxygen atoms in total. The Hall–Kier alpha value is -0.590. The zero-order valence-electron chi connectivity index (χ0n) is 14.8. The number of aliphatic imine (C=N–C) groups is 1. The summed E-state index contributed by atoms with van der Waals surface area (Å²) in [6.45, 7) is 2.36. The summed E-state index contributed by atoms with van der Waals surface area (Å²) in [5.41, 5.74) is 0. The second kappa shape index (κ2) is 12.0. The molecule has 2 rings (SSSR count). The first-order valence-corrected chi connectivity index (χ1v) is 10.9. The lowest BCUT2D eigenvalue weighted by molar-refractivity contribution is 0.445. The van der Waals surface area contributed by atoms with E-state index in [0.717, 1.165) is 23.6 Å². The van der Waals surface area contributed by atoms with Gasteiger partial charge in [-0.3, -0.25) is 4.99 Å². The van der Waals surface area contributed by atoms with Crippen molar-refractivity contribution in [3.05, 3.63) is 30.1 Å². The molecule has 1 aliphatic heterocycles. The fourth-order valence-electron chi connectivity index (χ4n) is 2.46. The SMILES string of the molecule is CN=C(NCCCSc1ccc(F)cc1)NCCN1CCCS1(=O)=O.I. The fourth-order valence-corrected chi connectivity index (χ4v) is 4.84. The number of nitrogens with one attached hydrogen (secondary N) is 2. The maximum absolute atomic E-state index is 12.8. The van der Waals surface area contributed by atoms with Crippen LogP contribution in [0.2, 0.25) is 0 Å². The molecule has 0 atom stereocenters. The summed E-state index contributed by atoms with van der Waals surface area (Å²) in [6, 6.07) is 6.49. The number of rotatable bonds is 8. The van der Waals surface area contributed by atoms with Crippen LogP contribution in [-0.2, 0) is 10.0 Å². The maximum Gasteiger partial charge on any atom is 0.214 e. The van der Waals surface area contributed by atoms with Crippen LogP contribution in [0.4, 0.5) is 4.39 Å². The van der Waals surface area contributed by atoms with Crippen LogP contribution in [0.5, 0.6) is 0 Å². The predicted octanol–water partition coefficient (Wildman–Crippen LogP) is 2.13. The molecule has 1 fully saturated rings. The van der Waals surface area contributed by atoms with Crippen molar-refractivity contribution in [2.45, 2.75) is 17.7 Å². The van der Waals surface area contributed by atoms with Crippen LogP contribution in [0.25, 0.3) is 0 Å². The van der Waals surface area contributed by atoms with Crippen LogP contribution >= 0.6 is 35.7 Å². The van der Waals surface area contributed by atoms with E-state index in [0.29, 0.717) is 32.0 Å². The van der Waals surface area contributed by atoms with Crippen LogP contribution in [-0.4, -0.2) is 63.4 Å². The van der Waals surface area contributed by atoms with E-state index in [4.69, 9.17) is 0 Å². The standard InChI is InChI=1S/C16H25FN4O2S2.HI/c1-18-16(20-9-11-21-10-3-13-25(21,22)23)19-8-2-12-24-15-6-4-14(17)5-7-15;/h4-7H,2-3,8-13H2,1H3,(H2,18,19,20);1H. The molecule has 10 heteroatoms. The Bertz CT molecular complexity index is 671. The van der Waals surface area contributed by atoms with Gasteiger partial charge in [-0.15, -0.1) is 35.7 Å². The second-order valence-electron chi connectivity index (χ2n) is 5.65. The van der Waals surface area contributed by atoms with Crippen LogP contribution in [0.1, 0.15) is 12.8 Å². The molecule has 1 aromatic rings. The molecular formula is C16H26FIN4O2S2. The molecule has 1 aliphatic rings. The van der Waals surface area contributed by atoms with Crippen molar-refractivity contribution in [2.24, 2.45) is 4.99 Å². The zero-order chi connectivity index (χ0) is 18.1. The van der Waals surface area contributed by atoms with Crippen molar-refractivity contribution in [3.63, 3.8) is 0 Å². The van der Waals surface area contributed by atoms with Crippen molar-refractivity contribution >= 4 is 51.7 Å². The van der Waals surface area contributed by atoms with Gasteiger partial charge in [0, 0.05) is 38.1 Å². The Balaban J connectivity index is 0.00000338. The minimum atomic E-state index is -3.04. The summed E-state index contributed by atoms with van der Waals surface area (Å²) in [5.74, 6) is 1.62. The highest BCUT2D eigenvalue weighted by molar-refractivity contribution is 14.0. The number of hydrogen-bond donors (Lipinski definition) is 2. The van der Waals surface area contributed by atoms with Gasteiger partial charge in [-0.2, -0.15) is 0 Å². The summed E-state index contributed by atoms with van der Waals surface area (Å²) in [7, 11) is -1.35. The molecule has 0 aliphatic carbocycles. The van der Waals surface area contributed by atoms with Gasteiger partial charge in [-0.05, 0) is 42.9 Å². The number of hydrogen-bond acceptors (Lipinski definition) is 4. The molecule has 1 saturated heterocycles. The predicted molar refractivity (Wildman–Crippen MR) is 116 cm³/mol. The van der Waals surface area contributed by atoms with E-state index in [2.05, 4.69) is 15.6 Å². The van der Waals surface area contributed by atoms with Crippen LogP contribution in [0.15, 0.2) is 34.2 Å². The van der Waals surface area contributed by atoms with Gasteiger partial charge in [0.05, 0.1) is 5.75 Å². The summed E-state index contributed by atoms with van der Waals surface area (Å²) in [6.07, 6.45) is 1.64. The van der Waals surface area contributed by atoms with Crippen molar-refractivity contribution in [1.82, 2.24) is 14.9 Å². The smallest absolute Gasteiger partial charge is 0.214 e. The van der Waals surface area contributed by atoms with E-state index < -0.39 is 10.0 Å². The van der Waals surface area contributed by atoms with Crippen molar-refractivity contribution < 1.29 is 12.8 Å². The van der Waals surface area contributed by atoms with Gasteiger partial charge in [0.1, 0.15) is 5.82 Å². The molecular weight excluding hydrogens is 490 g/mol. The Morgan fingerprint density at radius 2 is 1.96 bits per heavy atom. The lowest BCUT2D eigenvalue weighted by atomic mass is 10.4. The third-order valence-electron chi connectivity index (χ3n) is 3.78. The first-order chi connectivity index (χ1) is 12.0. The lowest BCUT2D eigenvalue weighted by Gasteiger charge is -2.16. The van der Waals surface area contributed by atoms with Gasteiger partial charge < -0.3 is 10.6 Å². The quantitative estimate of drug-likeness (QED) is 0.182. The number of halogens is 2. The van der Waals surface area contributed by atoms with Gasteiger partial charge in [0.2, 0.25) is 10.0 Å². The van der Waals surface area contributed by atoms with Crippen LogP contribution < -0.4 is 10.6 Å². The highest BCUT2D eigenvalue weighted by Gasteiger charge is 2.27. The minimum Gasteiger partial charge on any atom is -0.356 e. The highest BCUT2D eigenvalue weighted by Crippen LogP contribution is 2.18. The average Bonchev–Trinajstić information content (AvgIpc) is 2.93. The largest absolute Gasteiger partial charge is 0.356 e. The highest BCUT2D eigenvalue weighted by atomic mass is 127. The Morgan fingerprint density at radius 1 is 1.27 bits per heavy atom. The van der Waals surface area contributed by atoms with E-state index in [1.54, 1.807) is 30.9 Å². The summed E-state index contributed by atoms with van der Waals surface area (Å²) in [4.78, 5) is 5.18. The molecule has 0 unspecified atom stereocenters. The molecule has 0 saturated carbocycles. The minimum absolute atomic E-state index is 0. The third-order valence-corrected chi connectivity index (χ3v) is 6.83. The van der Waals surface area contributed by atoms with Crippen molar-refractivity contribution in [2.75, 3.05) is 44.7 Å². The molecule has 148 valence electrons. The first kappa shape index (κ1) is 23.4. The molecule has 0 radical (unpaired) electrons. The Kier molecular flexibility index (Phi) is 10.8. The number of nitrogens with zero attached hydrogens (tertiary/aromatic N) is 2. The zero-order valence-corrected chi connectivity index (χ0v) is 18.7. The Labute approximate surface area is 176 Å². The number of sulfonamides is 1. The molecule has 1 aromatic carbocycles. The van der Waals surface area contributed by atoms with Crippen molar-refractivity contribution in [1.29, 1.82) is 0 Å². The van der Waals surface area contributed by atoms with Gasteiger partial charge >= 0.3 is 0 Å². The normalized spacial score (nSPS) is 16.9. The molecule has 2 N–H and O–H groups in total. The van der Waals surface area contributed by atoms with E-state index in [1.807, 2.05) is 0 Å².